The fourth-order valence-electron chi connectivity index (χ4n) is 1.72. The molecular weight excluding hydrogens is 272 g/mol. The summed E-state index contributed by atoms with van der Waals surface area (Å²) in [6, 6.07) is 5.69. The predicted octanol–water partition coefficient (Wildman–Crippen LogP) is 3.28. The maximum absolute atomic E-state index is 11.8. The van der Waals surface area contributed by atoms with Gasteiger partial charge in [-0.05, 0) is 37.6 Å². The molecule has 0 aliphatic heterocycles. The standard InChI is InChI=1S/C16H22O5/c1-3-4-5-6-11-20-12(2)16(19)21-14-9-7-13(8-10-14)15(17)18/h7-10,12H,3-6,11H2,1-2H3,(H,17,18)/t12-/m1/s1. The van der Waals surface area contributed by atoms with E-state index in [-0.39, 0.29) is 5.56 Å². The second kappa shape index (κ2) is 9.13. The molecular formula is C16H22O5. The third kappa shape index (κ3) is 6.40. The number of ether oxygens (including phenoxy) is 2. The van der Waals surface area contributed by atoms with Crippen LogP contribution in [0.2, 0.25) is 0 Å². The number of hydrogen-bond acceptors (Lipinski definition) is 4. The zero-order valence-corrected chi connectivity index (χ0v) is 12.5. The summed E-state index contributed by atoms with van der Waals surface area (Å²) in [6.45, 7) is 4.32. The van der Waals surface area contributed by atoms with E-state index in [2.05, 4.69) is 6.92 Å². The average Bonchev–Trinajstić information content (AvgIpc) is 2.47. The minimum absolute atomic E-state index is 0.148. The van der Waals surface area contributed by atoms with Crippen LogP contribution in [0.3, 0.4) is 0 Å². The lowest BCUT2D eigenvalue weighted by Crippen LogP contribution is -2.26. The van der Waals surface area contributed by atoms with E-state index < -0.39 is 18.0 Å². The monoisotopic (exact) mass is 294 g/mol. The maximum atomic E-state index is 11.8. The molecule has 0 aliphatic rings. The minimum Gasteiger partial charge on any atom is -0.478 e. The van der Waals surface area contributed by atoms with Gasteiger partial charge in [0, 0.05) is 6.61 Å². The predicted molar refractivity (Wildman–Crippen MR) is 78.6 cm³/mol. The Bertz CT molecular complexity index is 452. The van der Waals surface area contributed by atoms with Crippen molar-refractivity contribution in [1.29, 1.82) is 0 Å². The van der Waals surface area contributed by atoms with E-state index in [1.807, 2.05) is 0 Å². The number of carbonyl (C=O) groups is 2. The molecule has 0 saturated heterocycles. The van der Waals surface area contributed by atoms with Gasteiger partial charge in [0.25, 0.3) is 0 Å². The Labute approximate surface area is 124 Å². The van der Waals surface area contributed by atoms with Gasteiger partial charge in [-0.15, -0.1) is 0 Å². The van der Waals surface area contributed by atoms with Crippen molar-refractivity contribution in [2.75, 3.05) is 6.61 Å². The van der Waals surface area contributed by atoms with Gasteiger partial charge in [-0.3, -0.25) is 0 Å². The Morgan fingerprint density at radius 2 is 1.81 bits per heavy atom. The SMILES string of the molecule is CCCCCCO[C@H](C)C(=O)Oc1ccc(C(=O)O)cc1. The molecule has 21 heavy (non-hydrogen) atoms. The molecule has 0 aliphatic carbocycles. The van der Waals surface area contributed by atoms with Crippen LogP contribution in [0.25, 0.3) is 0 Å². The fraction of sp³-hybridized carbons (Fsp3) is 0.500. The van der Waals surface area contributed by atoms with E-state index in [0.717, 1.165) is 25.7 Å². The number of rotatable bonds is 9. The molecule has 0 amide bonds. The molecule has 0 bridgehead atoms. The van der Waals surface area contributed by atoms with Crippen LogP contribution in [-0.2, 0) is 9.53 Å². The lowest BCUT2D eigenvalue weighted by Gasteiger charge is -2.12. The van der Waals surface area contributed by atoms with Crippen molar-refractivity contribution in [2.45, 2.75) is 45.6 Å². The molecule has 1 atom stereocenters. The molecule has 116 valence electrons. The van der Waals surface area contributed by atoms with Gasteiger partial charge in [-0.25, -0.2) is 9.59 Å². The van der Waals surface area contributed by atoms with Crippen LogP contribution >= 0.6 is 0 Å². The average molecular weight is 294 g/mol. The third-order valence-corrected chi connectivity index (χ3v) is 3.02. The zero-order valence-electron chi connectivity index (χ0n) is 12.5. The van der Waals surface area contributed by atoms with Gasteiger partial charge in [0.05, 0.1) is 5.56 Å². The molecule has 0 spiro atoms. The van der Waals surface area contributed by atoms with Crippen molar-refractivity contribution in [3.05, 3.63) is 29.8 Å². The van der Waals surface area contributed by atoms with Gasteiger partial charge >= 0.3 is 11.9 Å². The topological polar surface area (TPSA) is 72.8 Å². The normalized spacial score (nSPS) is 11.9. The van der Waals surface area contributed by atoms with Crippen molar-refractivity contribution in [3.8, 4) is 5.75 Å². The van der Waals surface area contributed by atoms with Crippen molar-refractivity contribution in [2.24, 2.45) is 0 Å². The Morgan fingerprint density at radius 3 is 2.38 bits per heavy atom. The maximum Gasteiger partial charge on any atom is 0.340 e. The molecule has 0 heterocycles. The highest BCUT2D eigenvalue weighted by molar-refractivity contribution is 5.87. The van der Waals surface area contributed by atoms with Gasteiger partial charge in [0.1, 0.15) is 5.75 Å². The lowest BCUT2D eigenvalue weighted by molar-refractivity contribution is -0.146. The number of carbonyl (C=O) groups excluding carboxylic acids is 1. The van der Waals surface area contributed by atoms with Gasteiger partial charge in [-0.2, -0.15) is 0 Å². The molecule has 0 aromatic heterocycles. The summed E-state index contributed by atoms with van der Waals surface area (Å²) in [5.74, 6) is -1.18. The zero-order chi connectivity index (χ0) is 15.7. The van der Waals surface area contributed by atoms with E-state index in [1.54, 1.807) is 6.92 Å². The number of unbranched alkanes of at least 4 members (excludes halogenated alkanes) is 3. The van der Waals surface area contributed by atoms with Crippen molar-refractivity contribution in [1.82, 2.24) is 0 Å². The first kappa shape index (κ1) is 17.2. The molecule has 0 radical (unpaired) electrons. The molecule has 1 aromatic rings. The first-order valence-electron chi connectivity index (χ1n) is 7.21. The number of esters is 1. The van der Waals surface area contributed by atoms with Gasteiger partial charge in [-0.1, -0.05) is 26.2 Å². The molecule has 0 saturated carbocycles. The molecule has 5 heteroatoms. The summed E-state index contributed by atoms with van der Waals surface area (Å²) in [5, 5.41) is 8.78. The second-order valence-electron chi connectivity index (χ2n) is 4.82. The number of aromatic carboxylic acids is 1. The summed E-state index contributed by atoms with van der Waals surface area (Å²) < 4.78 is 10.5. The number of carboxylic acids is 1. The smallest absolute Gasteiger partial charge is 0.340 e. The van der Waals surface area contributed by atoms with Gasteiger partial charge < -0.3 is 14.6 Å². The minimum atomic E-state index is -1.02. The van der Waals surface area contributed by atoms with Crippen molar-refractivity contribution in [3.63, 3.8) is 0 Å². The summed E-state index contributed by atoms with van der Waals surface area (Å²) >= 11 is 0. The van der Waals surface area contributed by atoms with Crippen LogP contribution in [-0.4, -0.2) is 29.8 Å². The number of carboxylic acid groups (broad SMARTS) is 1. The van der Waals surface area contributed by atoms with E-state index in [4.69, 9.17) is 14.6 Å². The second-order valence-corrected chi connectivity index (χ2v) is 4.82. The van der Waals surface area contributed by atoms with Crippen LogP contribution in [0.4, 0.5) is 0 Å². The van der Waals surface area contributed by atoms with Crippen molar-refractivity contribution < 1.29 is 24.2 Å². The molecule has 1 N–H and O–H groups in total. The highest BCUT2D eigenvalue weighted by atomic mass is 16.6. The Hall–Kier alpha value is -1.88. The van der Waals surface area contributed by atoms with E-state index >= 15 is 0 Å². The van der Waals surface area contributed by atoms with E-state index in [0.29, 0.717) is 12.4 Å². The highest BCUT2D eigenvalue weighted by Crippen LogP contribution is 2.13. The Kier molecular flexibility index (Phi) is 7.46. The van der Waals surface area contributed by atoms with Gasteiger partial charge in [0.2, 0.25) is 0 Å². The van der Waals surface area contributed by atoms with Crippen LogP contribution in [0.5, 0.6) is 5.75 Å². The highest BCUT2D eigenvalue weighted by Gasteiger charge is 2.16. The van der Waals surface area contributed by atoms with E-state index in [9.17, 15) is 9.59 Å². The van der Waals surface area contributed by atoms with Crippen LogP contribution < -0.4 is 4.74 Å². The summed E-state index contributed by atoms with van der Waals surface area (Å²) in [6.07, 6.45) is 3.71. The first-order valence-corrected chi connectivity index (χ1v) is 7.21. The Balaban J connectivity index is 2.36. The molecule has 5 nitrogen and oxygen atoms in total. The van der Waals surface area contributed by atoms with Crippen LogP contribution in [0.1, 0.15) is 49.9 Å². The fourth-order valence-corrected chi connectivity index (χ4v) is 1.72. The Morgan fingerprint density at radius 1 is 1.14 bits per heavy atom. The summed E-state index contributed by atoms with van der Waals surface area (Å²) in [4.78, 5) is 22.5. The molecule has 1 aromatic carbocycles. The summed E-state index contributed by atoms with van der Waals surface area (Å²) in [7, 11) is 0. The largest absolute Gasteiger partial charge is 0.478 e. The lowest BCUT2D eigenvalue weighted by atomic mass is 10.2. The number of hydrogen-bond donors (Lipinski definition) is 1. The van der Waals surface area contributed by atoms with E-state index in [1.165, 1.54) is 24.3 Å². The summed E-state index contributed by atoms with van der Waals surface area (Å²) in [5.41, 5.74) is 0.148. The van der Waals surface area contributed by atoms with Gasteiger partial charge in [0.15, 0.2) is 6.10 Å². The molecule has 0 unspecified atom stereocenters. The van der Waals surface area contributed by atoms with Crippen molar-refractivity contribution >= 4 is 11.9 Å². The number of benzene rings is 1. The molecule has 0 fully saturated rings. The third-order valence-electron chi connectivity index (χ3n) is 3.02. The first-order chi connectivity index (χ1) is 10.0. The van der Waals surface area contributed by atoms with Crippen LogP contribution in [0, 0.1) is 0 Å². The van der Waals surface area contributed by atoms with Crippen LogP contribution in [0.15, 0.2) is 24.3 Å². The quantitative estimate of drug-likeness (QED) is 0.430. The molecule has 1 rings (SSSR count).